The normalized spacial score (nSPS) is 11.5. The van der Waals surface area contributed by atoms with Crippen molar-refractivity contribution in [2.75, 3.05) is 0 Å². The number of hydrogen-bond donors (Lipinski definition) is 1. The summed E-state index contributed by atoms with van der Waals surface area (Å²) < 4.78 is 32.3. The zero-order valence-electron chi connectivity index (χ0n) is 14.2. The highest BCUT2D eigenvalue weighted by Crippen LogP contribution is 2.21. The van der Waals surface area contributed by atoms with Gasteiger partial charge in [-0.2, -0.15) is 0 Å². The summed E-state index contributed by atoms with van der Waals surface area (Å²) in [5.41, 5.74) is 2.09. The fraction of sp³-hybridized carbons (Fsp3) is 0.278. The summed E-state index contributed by atoms with van der Waals surface area (Å²) in [6.45, 7) is 7.27. The average Bonchev–Trinajstić information content (AvgIpc) is 2.49. The SMILES string of the molecule is Cc1ccc(OC(=O)c2cccc(S(=O)(=O)NC(C)C)c2)c(C)c1. The largest absolute Gasteiger partial charge is 0.423 e. The third kappa shape index (κ3) is 4.43. The molecule has 0 aliphatic rings. The Morgan fingerprint density at radius 2 is 1.79 bits per heavy atom. The molecule has 0 atom stereocenters. The number of carbonyl (C=O) groups is 1. The van der Waals surface area contributed by atoms with Crippen LogP contribution >= 0.6 is 0 Å². The Kier molecular flexibility index (Phi) is 5.41. The van der Waals surface area contributed by atoms with E-state index in [1.165, 1.54) is 24.3 Å². The molecule has 1 N–H and O–H groups in total. The molecule has 0 amide bonds. The van der Waals surface area contributed by atoms with Gasteiger partial charge in [0.2, 0.25) is 10.0 Å². The van der Waals surface area contributed by atoms with Gasteiger partial charge in [-0.1, -0.05) is 23.8 Å². The second-order valence-electron chi connectivity index (χ2n) is 5.96. The lowest BCUT2D eigenvalue weighted by Crippen LogP contribution is -2.30. The van der Waals surface area contributed by atoms with Crippen molar-refractivity contribution in [2.45, 2.75) is 38.6 Å². The lowest BCUT2D eigenvalue weighted by molar-refractivity contribution is 0.0733. The molecule has 0 aromatic heterocycles. The molecule has 2 aromatic carbocycles. The molecular weight excluding hydrogens is 326 g/mol. The summed E-state index contributed by atoms with van der Waals surface area (Å²) in [5, 5.41) is 0. The highest BCUT2D eigenvalue weighted by Gasteiger charge is 2.18. The van der Waals surface area contributed by atoms with Crippen LogP contribution in [0.3, 0.4) is 0 Å². The lowest BCUT2D eigenvalue weighted by atomic mass is 10.1. The predicted octanol–water partition coefficient (Wildman–Crippen LogP) is 3.21. The monoisotopic (exact) mass is 347 g/mol. The van der Waals surface area contributed by atoms with Gasteiger partial charge in [-0.15, -0.1) is 0 Å². The Morgan fingerprint density at radius 1 is 1.08 bits per heavy atom. The summed E-state index contributed by atoms with van der Waals surface area (Å²) in [4.78, 5) is 12.3. The first-order valence-corrected chi connectivity index (χ1v) is 9.09. The predicted molar refractivity (Wildman–Crippen MR) is 92.8 cm³/mol. The van der Waals surface area contributed by atoms with E-state index in [2.05, 4.69) is 4.72 Å². The number of aryl methyl sites for hydroxylation is 2. The smallest absolute Gasteiger partial charge is 0.343 e. The van der Waals surface area contributed by atoms with E-state index in [4.69, 9.17) is 4.74 Å². The molecule has 24 heavy (non-hydrogen) atoms. The number of benzene rings is 2. The van der Waals surface area contributed by atoms with E-state index in [0.717, 1.165) is 11.1 Å². The van der Waals surface area contributed by atoms with Crippen LogP contribution in [0.25, 0.3) is 0 Å². The average molecular weight is 347 g/mol. The third-order valence-corrected chi connectivity index (χ3v) is 4.96. The molecule has 0 saturated heterocycles. The minimum atomic E-state index is -3.66. The molecule has 128 valence electrons. The van der Waals surface area contributed by atoms with Crippen LogP contribution in [0.2, 0.25) is 0 Å². The summed E-state index contributed by atoms with van der Waals surface area (Å²) in [5.74, 6) is -0.136. The van der Waals surface area contributed by atoms with Crippen molar-refractivity contribution in [2.24, 2.45) is 0 Å². The maximum absolute atomic E-state index is 12.3. The first kappa shape index (κ1) is 18.2. The van der Waals surface area contributed by atoms with Crippen molar-refractivity contribution < 1.29 is 17.9 Å². The van der Waals surface area contributed by atoms with Gasteiger partial charge in [0.1, 0.15) is 5.75 Å². The Balaban J connectivity index is 2.26. The van der Waals surface area contributed by atoms with Crippen LogP contribution in [0.15, 0.2) is 47.4 Å². The molecule has 0 unspecified atom stereocenters. The first-order chi connectivity index (χ1) is 11.2. The molecule has 2 aromatic rings. The molecule has 5 nitrogen and oxygen atoms in total. The summed E-state index contributed by atoms with van der Waals surface area (Å²) in [6.07, 6.45) is 0. The molecule has 0 saturated carbocycles. The topological polar surface area (TPSA) is 72.5 Å². The number of sulfonamides is 1. The molecule has 0 fully saturated rings. The van der Waals surface area contributed by atoms with Gasteiger partial charge in [0.05, 0.1) is 10.5 Å². The molecular formula is C18H21NO4S. The third-order valence-electron chi connectivity index (χ3n) is 3.30. The van der Waals surface area contributed by atoms with E-state index in [0.29, 0.717) is 5.75 Å². The van der Waals surface area contributed by atoms with Gasteiger partial charge in [0.25, 0.3) is 0 Å². The van der Waals surface area contributed by atoms with Crippen molar-refractivity contribution in [1.82, 2.24) is 4.72 Å². The van der Waals surface area contributed by atoms with E-state index in [1.807, 2.05) is 26.0 Å². The van der Waals surface area contributed by atoms with Crippen LogP contribution in [0.4, 0.5) is 0 Å². The van der Waals surface area contributed by atoms with Crippen LogP contribution in [0.5, 0.6) is 5.75 Å². The zero-order valence-corrected chi connectivity index (χ0v) is 15.0. The van der Waals surface area contributed by atoms with Crippen LogP contribution < -0.4 is 9.46 Å². The van der Waals surface area contributed by atoms with E-state index in [1.54, 1.807) is 19.9 Å². The van der Waals surface area contributed by atoms with E-state index >= 15 is 0 Å². The quantitative estimate of drug-likeness (QED) is 0.666. The number of nitrogens with one attached hydrogen (secondary N) is 1. The van der Waals surface area contributed by atoms with Gasteiger partial charge in [-0.3, -0.25) is 0 Å². The van der Waals surface area contributed by atoms with Crippen molar-refractivity contribution in [3.63, 3.8) is 0 Å². The molecule has 0 radical (unpaired) electrons. The minimum absolute atomic E-state index is 0.0336. The molecule has 2 rings (SSSR count). The zero-order chi connectivity index (χ0) is 17.9. The van der Waals surface area contributed by atoms with Crippen molar-refractivity contribution in [1.29, 1.82) is 0 Å². The van der Waals surface area contributed by atoms with Gasteiger partial charge in [-0.25, -0.2) is 17.9 Å². The van der Waals surface area contributed by atoms with Gasteiger partial charge in [0, 0.05) is 6.04 Å². The first-order valence-electron chi connectivity index (χ1n) is 7.61. The van der Waals surface area contributed by atoms with Gasteiger partial charge < -0.3 is 4.74 Å². The number of carbonyl (C=O) groups excluding carboxylic acids is 1. The van der Waals surface area contributed by atoms with Gasteiger partial charge in [-0.05, 0) is 57.5 Å². The molecule has 0 bridgehead atoms. The van der Waals surface area contributed by atoms with E-state index in [9.17, 15) is 13.2 Å². The Bertz CT molecular complexity index is 857. The van der Waals surface area contributed by atoms with Crippen molar-refractivity contribution in [3.8, 4) is 5.75 Å². The van der Waals surface area contributed by atoms with Gasteiger partial charge >= 0.3 is 5.97 Å². The van der Waals surface area contributed by atoms with Crippen molar-refractivity contribution >= 4 is 16.0 Å². The Morgan fingerprint density at radius 3 is 2.42 bits per heavy atom. The highest BCUT2D eigenvalue weighted by atomic mass is 32.2. The number of hydrogen-bond acceptors (Lipinski definition) is 4. The summed E-state index contributed by atoms with van der Waals surface area (Å²) in [6, 6.07) is 11.1. The second-order valence-corrected chi connectivity index (χ2v) is 7.68. The number of esters is 1. The summed E-state index contributed by atoms with van der Waals surface area (Å²) >= 11 is 0. The minimum Gasteiger partial charge on any atom is -0.423 e. The Hall–Kier alpha value is -2.18. The van der Waals surface area contributed by atoms with Crippen LogP contribution in [-0.2, 0) is 10.0 Å². The number of ether oxygens (including phenoxy) is 1. The fourth-order valence-electron chi connectivity index (χ4n) is 2.24. The molecule has 0 spiro atoms. The fourth-order valence-corrected chi connectivity index (χ4v) is 3.54. The van der Waals surface area contributed by atoms with Crippen LogP contribution in [0.1, 0.15) is 35.3 Å². The molecule has 6 heteroatoms. The van der Waals surface area contributed by atoms with Gasteiger partial charge in [0.15, 0.2) is 0 Å². The highest BCUT2D eigenvalue weighted by molar-refractivity contribution is 7.89. The standard InChI is InChI=1S/C18H21NO4S/c1-12(2)19-24(21,22)16-7-5-6-15(11-16)18(20)23-17-9-8-13(3)10-14(17)4/h5-12,19H,1-4H3. The second kappa shape index (κ2) is 7.15. The van der Waals surface area contributed by atoms with Crippen LogP contribution in [-0.4, -0.2) is 20.4 Å². The van der Waals surface area contributed by atoms with Crippen molar-refractivity contribution in [3.05, 3.63) is 59.2 Å². The summed E-state index contributed by atoms with van der Waals surface area (Å²) in [7, 11) is -3.66. The molecule has 0 aliphatic carbocycles. The maximum atomic E-state index is 12.3. The molecule has 0 aliphatic heterocycles. The maximum Gasteiger partial charge on any atom is 0.343 e. The van der Waals surface area contributed by atoms with Crippen LogP contribution in [0, 0.1) is 13.8 Å². The lowest BCUT2D eigenvalue weighted by Gasteiger charge is -2.11. The Labute approximate surface area is 142 Å². The number of rotatable bonds is 5. The molecule has 0 heterocycles. The van der Waals surface area contributed by atoms with E-state index < -0.39 is 16.0 Å². The van der Waals surface area contributed by atoms with E-state index in [-0.39, 0.29) is 16.5 Å².